The summed E-state index contributed by atoms with van der Waals surface area (Å²) in [6, 6.07) is 14.4. The SMILES string of the molecule is C[C@H](C(=O)Nc1cccc(NC(=O)c2cccc(OCC(N)=O)c2)c1)n1cccn1. The molecule has 0 aliphatic carbocycles. The molecule has 9 heteroatoms. The third-order valence-corrected chi connectivity index (χ3v) is 4.17. The van der Waals surface area contributed by atoms with E-state index in [0.29, 0.717) is 22.7 Å². The second-order valence-corrected chi connectivity index (χ2v) is 6.47. The molecule has 2 aromatic carbocycles. The molecule has 3 amide bonds. The minimum atomic E-state index is -0.606. The van der Waals surface area contributed by atoms with Crippen LogP contribution in [0.1, 0.15) is 23.3 Å². The highest BCUT2D eigenvalue weighted by Gasteiger charge is 2.15. The van der Waals surface area contributed by atoms with E-state index >= 15 is 0 Å². The van der Waals surface area contributed by atoms with Crippen LogP contribution in [0.25, 0.3) is 0 Å². The summed E-state index contributed by atoms with van der Waals surface area (Å²) < 4.78 is 6.77. The maximum atomic E-state index is 12.5. The van der Waals surface area contributed by atoms with Gasteiger partial charge in [-0.05, 0) is 49.4 Å². The van der Waals surface area contributed by atoms with Gasteiger partial charge in [-0.2, -0.15) is 5.10 Å². The van der Waals surface area contributed by atoms with Gasteiger partial charge in [0.25, 0.3) is 11.8 Å². The number of ether oxygens (including phenoxy) is 1. The van der Waals surface area contributed by atoms with Gasteiger partial charge in [0, 0.05) is 29.3 Å². The average molecular weight is 407 g/mol. The summed E-state index contributed by atoms with van der Waals surface area (Å²) in [5.74, 6) is -0.852. The van der Waals surface area contributed by atoms with Gasteiger partial charge in [0.1, 0.15) is 11.8 Å². The van der Waals surface area contributed by atoms with Gasteiger partial charge in [0.2, 0.25) is 5.91 Å². The molecule has 0 fully saturated rings. The number of hydrogen-bond donors (Lipinski definition) is 3. The fourth-order valence-electron chi connectivity index (χ4n) is 2.64. The highest BCUT2D eigenvalue weighted by Crippen LogP contribution is 2.19. The lowest BCUT2D eigenvalue weighted by Crippen LogP contribution is -2.24. The summed E-state index contributed by atoms with van der Waals surface area (Å²) in [6.07, 6.45) is 3.32. The van der Waals surface area contributed by atoms with E-state index in [-0.39, 0.29) is 18.4 Å². The number of benzene rings is 2. The monoisotopic (exact) mass is 407 g/mol. The lowest BCUT2D eigenvalue weighted by atomic mass is 10.2. The molecule has 4 N–H and O–H groups in total. The van der Waals surface area contributed by atoms with Crippen molar-refractivity contribution >= 4 is 29.1 Å². The van der Waals surface area contributed by atoms with Crippen molar-refractivity contribution in [1.29, 1.82) is 0 Å². The minimum Gasteiger partial charge on any atom is -0.484 e. The Hall–Kier alpha value is -4.14. The third kappa shape index (κ3) is 5.44. The molecule has 1 heterocycles. The Bertz CT molecular complexity index is 1050. The summed E-state index contributed by atoms with van der Waals surface area (Å²) >= 11 is 0. The van der Waals surface area contributed by atoms with E-state index in [1.54, 1.807) is 72.5 Å². The molecule has 0 bridgehead atoms. The van der Waals surface area contributed by atoms with Gasteiger partial charge in [-0.3, -0.25) is 19.1 Å². The van der Waals surface area contributed by atoms with Gasteiger partial charge in [0.15, 0.2) is 6.61 Å². The highest BCUT2D eigenvalue weighted by atomic mass is 16.5. The quantitative estimate of drug-likeness (QED) is 0.527. The summed E-state index contributed by atoms with van der Waals surface area (Å²) in [5.41, 5.74) is 6.45. The molecular formula is C21H21N5O4. The Balaban J connectivity index is 1.65. The van der Waals surface area contributed by atoms with Crippen molar-refractivity contribution in [3.05, 3.63) is 72.6 Å². The zero-order valence-electron chi connectivity index (χ0n) is 16.2. The van der Waals surface area contributed by atoms with E-state index in [0.717, 1.165) is 0 Å². The predicted molar refractivity (Wildman–Crippen MR) is 111 cm³/mol. The first-order valence-electron chi connectivity index (χ1n) is 9.15. The molecule has 9 nitrogen and oxygen atoms in total. The minimum absolute atomic E-state index is 0.235. The number of primary amides is 1. The Morgan fingerprint density at radius 2 is 1.80 bits per heavy atom. The molecule has 0 unspecified atom stereocenters. The van der Waals surface area contributed by atoms with E-state index in [2.05, 4.69) is 15.7 Å². The maximum Gasteiger partial charge on any atom is 0.255 e. The fraction of sp³-hybridized carbons (Fsp3) is 0.143. The molecule has 0 saturated heterocycles. The molecule has 30 heavy (non-hydrogen) atoms. The van der Waals surface area contributed by atoms with Crippen LogP contribution in [0.5, 0.6) is 5.75 Å². The number of hydrogen-bond acceptors (Lipinski definition) is 5. The van der Waals surface area contributed by atoms with Gasteiger partial charge in [-0.25, -0.2) is 0 Å². The lowest BCUT2D eigenvalue weighted by molar-refractivity contribution is -0.120. The first kappa shape index (κ1) is 20.6. The van der Waals surface area contributed by atoms with Crippen molar-refractivity contribution in [3.63, 3.8) is 0 Å². The molecular weight excluding hydrogens is 386 g/mol. The Morgan fingerprint density at radius 1 is 1.07 bits per heavy atom. The number of rotatable bonds is 8. The Morgan fingerprint density at radius 3 is 2.50 bits per heavy atom. The van der Waals surface area contributed by atoms with Gasteiger partial charge in [-0.15, -0.1) is 0 Å². The van der Waals surface area contributed by atoms with E-state index in [9.17, 15) is 14.4 Å². The molecule has 1 aromatic heterocycles. The summed E-state index contributed by atoms with van der Waals surface area (Å²) in [7, 11) is 0. The number of amides is 3. The molecule has 1 atom stereocenters. The van der Waals surface area contributed by atoms with Crippen molar-refractivity contribution in [3.8, 4) is 5.75 Å². The molecule has 0 radical (unpaired) electrons. The number of aromatic nitrogens is 2. The van der Waals surface area contributed by atoms with Crippen molar-refractivity contribution in [2.75, 3.05) is 17.2 Å². The van der Waals surface area contributed by atoms with Crippen LogP contribution < -0.4 is 21.1 Å². The van der Waals surface area contributed by atoms with Crippen molar-refractivity contribution in [2.24, 2.45) is 5.73 Å². The largest absolute Gasteiger partial charge is 0.484 e. The molecule has 0 spiro atoms. The van der Waals surface area contributed by atoms with Crippen molar-refractivity contribution in [1.82, 2.24) is 9.78 Å². The van der Waals surface area contributed by atoms with Crippen LogP contribution in [0.2, 0.25) is 0 Å². The first-order valence-corrected chi connectivity index (χ1v) is 9.15. The van der Waals surface area contributed by atoms with Crippen LogP contribution in [0.3, 0.4) is 0 Å². The van der Waals surface area contributed by atoms with Crippen LogP contribution in [-0.2, 0) is 9.59 Å². The van der Waals surface area contributed by atoms with Gasteiger partial charge < -0.3 is 21.1 Å². The van der Waals surface area contributed by atoms with Crippen LogP contribution in [-0.4, -0.2) is 34.1 Å². The molecule has 3 aromatic rings. The second kappa shape index (κ2) is 9.37. The number of nitrogens with two attached hydrogens (primary N) is 1. The Labute approximate surface area is 172 Å². The van der Waals surface area contributed by atoms with E-state index in [4.69, 9.17) is 10.5 Å². The van der Waals surface area contributed by atoms with Crippen LogP contribution in [0.4, 0.5) is 11.4 Å². The number of carbonyl (C=O) groups is 3. The van der Waals surface area contributed by atoms with Gasteiger partial charge in [-0.1, -0.05) is 12.1 Å². The van der Waals surface area contributed by atoms with E-state index < -0.39 is 11.9 Å². The van der Waals surface area contributed by atoms with Gasteiger partial charge >= 0.3 is 0 Å². The number of nitrogens with zero attached hydrogens (tertiary/aromatic N) is 2. The van der Waals surface area contributed by atoms with Gasteiger partial charge in [0.05, 0.1) is 0 Å². The highest BCUT2D eigenvalue weighted by molar-refractivity contribution is 6.05. The molecule has 154 valence electrons. The molecule has 0 aliphatic rings. The number of anilines is 2. The first-order chi connectivity index (χ1) is 14.4. The maximum absolute atomic E-state index is 12.5. The predicted octanol–water partition coefficient (Wildman–Crippen LogP) is 2.20. The fourth-order valence-corrected chi connectivity index (χ4v) is 2.64. The van der Waals surface area contributed by atoms with Crippen molar-refractivity contribution in [2.45, 2.75) is 13.0 Å². The lowest BCUT2D eigenvalue weighted by Gasteiger charge is -2.13. The Kier molecular flexibility index (Phi) is 6.43. The van der Waals surface area contributed by atoms with Crippen LogP contribution in [0, 0.1) is 0 Å². The summed E-state index contributed by atoms with van der Waals surface area (Å²) in [4.78, 5) is 35.8. The van der Waals surface area contributed by atoms with Crippen LogP contribution >= 0.6 is 0 Å². The molecule has 0 saturated carbocycles. The van der Waals surface area contributed by atoms with E-state index in [1.165, 1.54) is 6.07 Å². The third-order valence-electron chi connectivity index (χ3n) is 4.17. The van der Waals surface area contributed by atoms with Crippen LogP contribution in [0.15, 0.2) is 67.0 Å². The average Bonchev–Trinajstić information content (AvgIpc) is 3.27. The smallest absolute Gasteiger partial charge is 0.255 e. The summed E-state index contributed by atoms with van der Waals surface area (Å²) in [6.45, 7) is 1.46. The molecule has 0 aliphatic heterocycles. The second-order valence-electron chi connectivity index (χ2n) is 6.47. The molecule has 3 rings (SSSR count). The normalized spacial score (nSPS) is 11.4. The number of carbonyl (C=O) groups excluding carboxylic acids is 3. The zero-order chi connectivity index (χ0) is 21.5. The topological polar surface area (TPSA) is 128 Å². The van der Waals surface area contributed by atoms with Crippen molar-refractivity contribution < 1.29 is 19.1 Å². The summed E-state index contributed by atoms with van der Waals surface area (Å²) in [5, 5.41) is 9.63. The zero-order valence-corrected chi connectivity index (χ0v) is 16.2. The standard InChI is InChI=1S/C21H21N5O4/c1-14(26-10-4-9-23-26)20(28)24-16-6-3-7-17(12-16)25-21(29)15-5-2-8-18(11-15)30-13-19(22)27/h2-12,14H,13H2,1H3,(H2,22,27)(H,24,28)(H,25,29)/t14-/m1/s1. The van der Waals surface area contributed by atoms with E-state index in [1.807, 2.05) is 0 Å². The number of nitrogens with one attached hydrogen (secondary N) is 2.